The van der Waals surface area contributed by atoms with E-state index >= 15 is 0 Å². The van der Waals surface area contributed by atoms with Gasteiger partial charge in [0.25, 0.3) is 10.0 Å². The van der Waals surface area contributed by atoms with Crippen molar-refractivity contribution in [3.05, 3.63) is 17.9 Å². The maximum absolute atomic E-state index is 12.3. The minimum Gasteiger partial charge on any atom is -0.447 e. The maximum atomic E-state index is 12.3. The molecule has 1 aromatic heterocycles. The van der Waals surface area contributed by atoms with E-state index in [0.717, 1.165) is 12.8 Å². The van der Waals surface area contributed by atoms with Crippen molar-refractivity contribution in [2.24, 2.45) is 0 Å². The number of hydrogen-bond acceptors (Lipinski definition) is 4. The highest BCUT2D eigenvalue weighted by Crippen LogP contribution is 2.24. The fraction of sp³-hybridized carbons (Fsp3) is 0.692. The molecule has 0 bridgehead atoms. The van der Waals surface area contributed by atoms with Crippen LogP contribution >= 0.6 is 0 Å². The molecule has 1 aliphatic rings. The highest BCUT2D eigenvalue weighted by Gasteiger charge is 2.30. The molecular formula is C13H19F3N2O3S. The summed E-state index contributed by atoms with van der Waals surface area (Å²) in [5.74, 6) is 0.336. The average Bonchev–Trinajstić information content (AvgIpc) is 3.07. The standard InChI is InChI=1S/C13H19F3N2O3S/c1-17(9-6-13(14,15)16)10-11-4-5-12(21-11)22(19,20)18-7-2-3-8-18/h4-5H,2-3,6-10H2,1H3. The molecule has 1 fully saturated rings. The first-order valence-electron chi connectivity index (χ1n) is 7.03. The van der Waals surface area contributed by atoms with E-state index in [2.05, 4.69) is 0 Å². The number of alkyl halides is 3. The second-order valence-corrected chi connectivity index (χ2v) is 7.30. The van der Waals surface area contributed by atoms with Crippen LogP contribution in [0.25, 0.3) is 0 Å². The average molecular weight is 340 g/mol. The maximum Gasteiger partial charge on any atom is 0.390 e. The van der Waals surface area contributed by atoms with Gasteiger partial charge in [0.15, 0.2) is 0 Å². The molecule has 0 unspecified atom stereocenters. The molecule has 5 nitrogen and oxygen atoms in total. The summed E-state index contributed by atoms with van der Waals surface area (Å²) in [6.45, 7) is 0.914. The second kappa shape index (κ2) is 6.59. The van der Waals surface area contributed by atoms with E-state index in [4.69, 9.17) is 4.42 Å². The zero-order valence-electron chi connectivity index (χ0n) is 12.3. The van der Waals surface area contributed by atoms with Gasteiger partial charge in [0, 0.05) is 19.6 Å². The molecule has 0 amide bonds. The third kappa shape index (κ3) is 4.47. The molecular weight excluding hydrogens is 321 g/mol. The third-order valence-corrected chi connectivity index (χ3v) is 5.27. The Hall–Kier alpha value is -1.06. The second-order valence-electron chi connectivity index (χ2n) is 5.43. The summed E-state index contributed by atoms with van der Waals surface area (Å²) < 4.78 is 67.7. The fourth-order valence-electron chi connectivity index (χ4n) is 2.30. The summed E-state index contributed by atoms with van der Waals surface area (Å²) >= 11 is 0. The van der Waals surface area contributed by atoms with E-state index in [1.807, 2.05) is 0 Å². The van der Waals surface area contributed by atoms with Gasteiger partial charge >= 0.3 is 6.18 Å². The van der Waals surface area contributed by atoms with Crippen molar-refractivity contribution in [1.82, 2.24) is 9.21 Å². The zero-order valence-corrected chi connectivity index (χ0v) is 13.1. The van der Waals surface area contributed by atoms with Crippen LogP contribution in [0.1, 0.15) is 25.0 Å². The third-order valence-electron chi connectivity index (χ3n) is 3.50. The lowest BCUT2D eigenvalue weighted by atomic mass is 10.3. The van der Waals surface area contributed by atoms with Crippen LogP contribution in [0.5, 0.6) is 0 Å². The number of furan rings is 1. The summed E-state index contributed by atoms with van der Waals surface area (Å²) in [6, 6.07) is 2.85. The minimum atomic E-state index is -4.21. The van der Waals surface area contributed by atoms with Crippen molar-refractivity contribution in [1.29, 1.82) is 0 Å². The number of nitrogens with zero attached hydrogens (tertiary/aromatic N) is 2. The Bertz CT molecular complexity index is 592. The minimum absolute atomic E-state index is 0.131. The smallest absolute Gasteiger partial charge is 0.390 e. The highest BCUT2D eigenvalue weighted by atomic mass is 32.2. The van der Waals surface area contributed by atoms with Crippen molar-refractivity contribution in [3.8, 4) is 0 Å². The van der Waals surface area contributed by atoms with E-state index in [1.165, 1.54) is 28.4 Å². The summed E-state index contributed by atoms with van der Waals surface area (Å²) in [5, 5.41) is -0.145. The Morgan fingerprint density at radius 1 is 1.27 bits per heavy atom. The molecule has 9 heteroatoms. The van der Waals surface area contributed by atoms with Crippen molar-refractivity contribution in [2.45, 2.75) is 37.1 Å². The van der Waals surface area contributed by atoms with Crippen molar-refractivity contribution >= 4 is 10.0 Å². The Kier molecular flexibility index (Phi) is 5.18. The zero-order chi connectivity index (χ0) is 16.4. The van der Waals surface area contributed by atoms with E-state index in [1.54, 1.807) is 0 Å². The van der Waals surface area contributed by atoms with Crippen LogP contribution in [0.15, 0.2) is 21.6 Å². The van der Waals surface area contributed by atoms with E-state index in [0.29, 0.717) is 18.8 Å². The topological polar surface area (TPSA) is 53.8 Å². The molecule has 0 atom stereocenters. The molecule has 0 spiro atoms. The molecule has 126 valence electrons. The van der Waals surface area contributed by atoms with Crippen molar-refractivity contribution in [2.75, 3.05) is 26.7 Å². The molecule has 0 saturated carbocycles. The molecule has 2 rings (SSSR count). The molecule has 0 radical (unpaired) electrons. The van der Waals surface area contributed by atoms with Crippen LogP contribution in [-0.4, -0.2) is 50.5 Å². The number of rotatable bonds is 6. The number of sulfonamides is 1. The SMILES string of the molecule is CN(CCC(F)(F)F)Cc1ccc(S(=O)(=O)N2CCCC2)o1. The van der Waals surface area contributed by atoms with E-state index in [-0.39, 0.29) is 18.2 Å². The first-order chi connectivity index (χ1) is 10.2. The number of hydrogen-bond donors (Lipinski definition) is 0. The van der Waals surface area contributed by atoms with Gasteiger partial charge in [-0.15, -0.1) is 0 Å². The van der Waals surface area contributed by atoms with Gasteiger partial charge in [-0.25, -0.2) is 8.42 Å². The van der Waals surface area contributed by atoms with Gasteiger partial charge in [-0.05, 0) is 32.0 Å². The number of halogens is 3. The van der Waals surface area contributed by atoms with Crippen LogP contribution < -0.4 is 0 Å². The first-order valence-corrected chi connectivity index (χ1v) is 8.47. The lowest BCUT2D eigenvalue weighted by molar-refractivity contribution is -0.137. The van der Waals surface area contributed by atoms with Gasteiger partial charge in [0.1, 0.15) is 5.76 Å². The van der Waals surface area contributed by atoms with Crippen molar-refractivity contribution < 1.29 is 26.0 Å². The van der Waals surface area contributed by atoms with Crippen LogP contribution in [0.4, 0.5) is 13.2 Å². The lowest BCUT2D eigenvalue weighted by Gasteiger charge is -2.16. The molecule has 1 aromatic rings. The van der Waals surface area contributed by atoms with Crippen LogP contribution in [0.3, 0.4) is 0 Å². The summed E-state index contributed by atoms with van der Waals surface area (Å²) in [7, 11) is -2.09. The van der Waals surface area contributed by atoms with Gasteiger partial charge in [-0.1, -0.05) is 0 Å². The van der Waals surface area contributed by atoms with Gasteiger partial charge in [0.05, 0.1) is 13.0 Å². The first kappa shape index (κ1) is 17.3. The molecule has 0 aliphatic carbocycles. The summed E-state index contributed by atoms with van der Waals surface area (Å²) in [5.41, 5.74) is 0. The largest absolute Gasteiger partial charge is 0.447 e. The predicted molar refractivity (Wildman–Crippen MR) is 73.7 cm³/mol. The predicted octanol–water partition coefficient (Wildman–Crippen LogP) is 2.45. The molecule has 1 saturated heterocycles. The Labute approximate surface area is 127 Å². The highest BCUT2D eigenvalue weighted by molar-refractivity contribution is 7.89. The van der Waals surface area contributed by atoms with Crippen LogP contribution in [0, 0.1) is 0 Å². The molecule has 2 heterocycles. The Morgan fingerprint density at radius 3 is 2.50 bits per heavy atom. The Balaban J connectivity index is 1.96. The molecule has 1 aliphatic heterocycles. The summed E-state index contributed by atoms with van der Waals surface area (Å²) in [6.07, 6.45) is -3.47. The Morgan fingerprint density at radius 2 is 1.91 bits per heavy atom. The normalized spacial score (nSPS) is 17.5. The van der Waals surface area contributed by atoms with E-state index in [9.17, 15) is 21.6 Å². The lowest BCUT2D eigenvalue weighted by Crippen LogP contribution is -2.27. The quantitative estimate of drug-likeness (QED) is 0.798. The van der Waals surface area contributed by atoms with Crippen molar-refractivity contribution in [3.63, 3.8) is 0 Å². The van der Waals surface area contributed by atoms with Gasteiger partial charge in [0.2, 0.25) is 5.09 Å². The van der Waals surface area contributed by atoms with Crippen LogP contribution in [0.2, 0.25) is 0 Å². The van der Waals surface area contributed by atoms with Gasteiger partial charge < -0.3 is 4.42 Å². The fourth-order valence-corrected chi connectivity index (χ4v) is 3.75. The molecule has 0 aromatic carbocycles. The van der Waals surface area contributed by atoms with E-state index < -0.39 is 22.6 Å². The van der Waals surface area contributed by atoms with Crippen LogP contribution in [-0.2, 0) is 16.6 Å². The summed E-state index contributed by atoms with van der Waals surface area (Å²) in [4.78, 5) is 1.44. The monoisotopic (exact) mass is 340 g/mol. The van der Waals surface area contributed by atoms with Gasteiger partial charge in [-0.2, -0.15) is 17.5 Å². The molecule has 22 heavy (non-hydrogen) atoms. The molecule has 0 N–H and O–H groups in total. The van der Waals surface area contributed by atoms with Gasteiger partial charge in [-0.3, -0.25) is 4.90 Å².